The standard InChI is InChI=1S/C8H7ClN2O3.ClH/c1-14-8(13)7(12)11-6-3-2-5(9)4-10-6;/h2-4H,1H3,(H,10,11,12);1H. The molecule has 0 saturated heterocycles. The van der Waals surface area contributed by atoms with Gasteiger partial charge in [0.15, 0.2) is 0 Å². The first kappa shape index (κ1) is 13.7. The van der Waals surface area contributed by atoms with Gasteiger partial charge >= 0.3 is 11.9 Å². The second-order valence-corrected chi connectivity index (χ2v) is 2.74. The van der Waals surface area contributed by atoms with Gasteiger partial charge < -0.3 is 10.1 Å². The van der Waals surface area contributed by atoms with E-state index in [9.17, 15) is 9.59 Å². The molecule has 1 aromatic heterocycles. The lowest BCUT2D eigenvalue weighted by Crippen LogP contribution is -2.24. The lowest BCUT2D eigenvalue weighted by Gasteiger charge is -2.01. The monoisotopic (exact) mass is 250 g/mol. The SMILES string of the molecule is COC(=O)C(=O)Nc1ccc(Cl)cn1.Cl. The van der Waals surface area contributed by atoms with E-state index < -0.39 is 11.9 Å². The largest absolute Gasteiger partial charge is 0.462 e. The van der Waals surface area contributed by atoms with Crippen molar-refractivity contribution in [1.29, 1.82) is 0 Å². The lowest BCUT2D eigenvalue weighted by atomic mass is 10.4. The molecule has 0 fully saturated rings. The van der Waals surface area contributed by atoms with Crippen LogP contribution in [0.1, 0.15) is 0 Å². The third-order valence-electron chi connectivity index (χ3n) is 1.34. The number of nitrogens with zero attached hydrogens (tertiary/aromatic N) is 1. The van der Waals surface area contributed by atoms with Crippen LogP contribution in [0.5, 0.6) is 0 Å². The molecule has 1 heterocycles. The maximum absolute atomic E-state index is 11.0. The highest BCUT2D eigenvalue weighted by Gasteiger charge is 2.13. The van der Waals surface area contributed by atoms with Gasteiger partial charge in [-0.05, 0) is 12.1 Å². The van der Waals surface area contributed by atoms with Crippen molar-refractivity contribution >= 4 is 41.7 Å². The Morgan fingerprint density at radius 2 is 2.13 bits per heavy atom. The zero-order valence-electron chi connectivity index (χ0n) is 7.69. The fourth-order valence-corrected chi connectivity index (χ4v) is 0.822. The van der Waals surface area contributed by atoms with E-state index in [0.29, 0.717) is 5.02 Å². The second-order valence-electron chi connectivity index (χ2n) is 2.31. The van der Waals surface area contributed by atoms with Crippen molar-refractivity contribution in [2.24, 2.45) is 0 Å². The summed E-state index contributed by atoms with van der Waals surface area (Å²) in [4.78, 5) is 25.4. The van der Waals surface area contributed by atoms with Crippen molar-refractivity contribution in [1.82, 2.24) is 4.98 Å². The number of carbonyl (C=O) groups is 2. The molecular weight excluding hydrogens is 243 g/mol. The molecule has 0 saturated carbocycles. The highest BCUT2D eigenvalue weighted by molar-refractivity contribution is 6.37. The molecule has 0 spiro atoms. The summed E-state index contributed by atoms with van der Waals surface area (Å²) in [6, 6.07) is 3.02. The zero-order valence-corrected chi connectivity index (χ0v) is 9.26. The number of amides is 1. The van der Waals surface area contributed by atoms with Crippen LogP contribution in [-0.4, -0.2) is 24.0 Å². The molecule has 82 valence electrons. The number of anilines is 1. The summed E-state index contributed by atoms with van der Waals surface area (Å²) in [6.45, 7) is 0. The minimum absolute atomic E-state index is 0. The summed E-state index contributed by atoms with van der Waals surface area (Å²) in [5.41, 5.74) is 0. The quantitative estimate of drug-likeness (QED) is 0.602. The molecule has 1 N–H and O–H groups in total. The van der Waals surface area contributed by atoms with Crippen molar-refractivity contribution in [3.8, 4) is 0 Å². The Balaban J connectivity index is 0.00000196. The average Bonchev–Trinajstić information content (AvgIpc) is 2.20. The van der Waals surface area contributed by atoms with Crippen molar-refractivity contribution < 1.29 is 14.3 Å². The number of hydrogen-bond acceptors (Lipinski definition) is 4. The number of carbonyl (C=O) groups excluding carboxylic acids is 2. The molecule has 5 nitrogen and oxygen atoms in total. The average molecular weight is 251 g/mol. The predicted octanol–water partition coefficient (Wildman–Crippen LogP) is 1.27. The van der Waals surface area contributed by atoms with Crippen LogP contribution >= 0.6 is 24.0 Å². The molecule has 0 aliphatic heterocycles. The van der Waals surface area contributed by atoms with Crippen molar-refractivity contribution in [2.75, 3.05) is 12.4 Å². The molecule has 0 aromatic carbocycles. The maximum Gasteiger partial charge on any atom is 0.396 e. The first-order chi connectivity index (χ1) is 6.63. The van der Waals surface area contributed by atoms with Gasteiger partial charge in [0.25, 0.3) is 0 Å². The van der Waals surface area contributed by atoms with Gasteiger partial charge in [-0.2, -0.15) is 0 Å². The normalized spacial score (nSPS) is 8.67. The molecule has 7 heteroatoms. The highest BCUT2D eigenvalue weighted by atomic mass is 35.5. The summed E-state index contributed by atoms with van der Waals surface area (Å²) in [5, 5.41) is 2.68. The third-order valence-corrected chi connectivity index (χ3v) is 1.56. The van der Waals surface area contributed by atoms with Crippen LogP contribution in [0, 0.1) is 0 Å². The molecule has 0 aliphatic carbocycles. The van der Waals surface area contributed by atoms with Gasteiger partial charge in [0.2, 0.25) is 0 Å². The number of methoxy groups -OCH3 is 1. The van der Waals surface area contributed by atoms with E-state index in [0.717, 1.165) is 7.11 Å². The van der Waals surface area contributed by atoms with Crippen LogP contribution < -0.4 is 5.32 Å². The van der Waals surface area contributed by atoms with E-state index in [-0.39, 0.29) is 18.2 Å². The van der Waals surface area contributed by atoms with Crippen molar-refractivity contribution in [2.45, 2.75) is 0 Å². The lowest BCUT2D eigenvalue weighted by molar-refractivity contribution is -0.150. The van der Waals surface area contributed by atoms with E-state index in [1.807, 2.05) is 0 Å². The fourth-order valence-electron chi connectivity index (χ4n) is 0.710. The Morgan fingerprint density at radius 1 is 1.47 bits per heavy atom. The van der Waals surface area contributed by atoms with Crippen LogP contribution in [0.4, 0.5) is 5.82 Å². The van der Waals surface area contributed by atoms with Gasteiger partial charge in [-0.25, -0.2) is 9.78 Å². The number of pyridine rings is 1. The number of ether oxygens (including phenoxy) is 1. The van der Waals surface area contributed by atoms with Crippen LogP contribution in [0.15, 0.2) is 18.3 Å². The van der Waals surface area contributed by atoms with E-state index >= 15 is 0 Å². The van der Waals surface area contributed by atoms with Crippen LogP contribution in [-0.2, 0) is 14.3 Å². The first-order valence-corrected chi connectivity index (χ1v) is 4.02. The number of hydrogen-bond donors (Lipinski definition) is 1. The van der Waals surface area contributed by atoms with Gasteiger partial charge in [-0.3, -0.25) is 4.79 Å². The summed E-state index contributed by atoms with van der Waals surface area (Å²) in [5.74, 6) is -1.60. The molecule has 0 unspecified atom stereocenters. The molecule has 0 atom stereocenters. The number of esters is 1. The maximum atomic E-state index is 11.0. The third kappa shape index (κ3) is 4.14. The van der Waals surface area contributed by atoms with Gasteiger partial charge in [-0.1, -0.05) is 11.6 Å². The summed E-state index contributed by atoms with van der Waals surface area (Å²) in [6.07, 6.45) is 1.36. The Labute approximate surface area is 97.2 Å². The molecule has 1 aromatic rings. The topological polar surface area (TPSA) is 68.3 Å². The fraction of sp³-hybridized carbons (Fsp3) is 0.125. The van der Waals surface area contributed by atoms with Crippen LogP contribution in [0.25, 0.3) is 0 Å². The Hall–Kier alpha value is -1.33. The van der Waals surface area contributed by atoms with Crippen molar-refractivity contribution in [3.63, 3.8) is 0 Å². The highest BCUT2D eigenvalue weighted by Crippen LogP contribution is 2.09. The van der Waals surface area contributed by atoms with Gasteiger partial charge in [0, 0.05) is 6.20 Å². The number of nitrogens with one attached hydrogen (secondary N) is 1. The second kappa shape index (κ2) is 6.21. The van der Waals surface area contributed by atoms with Gasteiger partial charge in [-0.15, -0.1) is 12.4 Å². The molecule has 1 amide bonds. The molecule has 0 radical (unpaired) electrons. The van der Waals surface area contributed by atoms with E-state index in [1.165, 1.54) is 12.3 Å². The van der Waals surface area contributed by atoms with Crippen LogP contribution in [0.3, 0.4) is 0 Å². The van der Waals surface area contributed by atoms with Crippen molar-refractivity contribution in [3.05, 3.63) is 23.4 Å². The van der Waals surface area contributed by atoms with E-state index in [4.69, 9.17) is 11.6 Å². The van der Waals surface area contributed by atoms with Gasteiger partial charge in [0.05, 0.1) is 12.1 Å². The smallest absolute Gasteiger partial charge is 0.396 e. The zero-order chi connectivity index (χ0) is 10.6. The molecule has 1 rings (SSSR count). The van der Waals surface area contributed by atoms with Crippen LogP contribution in [0.2, 0.25) is 5.02 Å². The van der Waals surface area contributed by atoms with E-state index in [1.54, 1.807) is 6.07 Å². The van der Waals surface area contributed by atoms with Gasteiger partial charge in [0.1, 0.15) is 5.82 Å². The van der Waals surface area contributed by atoms with E-state index in [2.05, 4.69) is 15.0 Å². The molecule has 0 bridgehead atoms. The Morgan fingerprint density at radius 3 is 2.60 bits per heavy atom. The minimum atomic E-state index is -0.971. The molecule has 0 aliphatic rings. The Kier molecular flexibility index (Phi) is 5.66. The summed E-state index contributed by atoms with van der Waals surface area (Å²) >= 11 is 5.57. The first-order valence-electron chi connectivity index (χ1n) is 3.64. The number of rotatable bonds is 1. The summed E-state index contributed by atoms with van der Waals surface area (Å²) in [7, 11) is 1.12. The minimum Gasteiger partial charge on any atom is -0.462 e. The summed E-state index contributed by atoms with van der Waals surface area (Å²) < 4.78 is 4.20. The molecule has 15 heavy (non-hydrogen) atoms. The predicted molar refractivity (Wildman–Crippen MR) is 57.1 cm³/mol. The Bertz CT molecular complexity index is 353. The number of halogens is 2. The molecular formula is C8H8Cl2N2O3. The number of aromatic nitrogens is 1.